The first kappa shape index (κ1) is 16.6. The molecule has 0 heterocycles. The second-order valence-corrected chi connectivity index (χ2v) is 5.02. The molecule has 0 saturated heterocycles. The number of hydrogen-bond acceptors (Lipinski definition) is 3. The van der Waals surface area contributed by atoms with Crippen LogP contribution in [0, 0.1) is 0 Å². The zero-order chi connectivity index (χ0) is 15.2. The average Bonchev–Trinajstić information content (AvgIpc) is 2.86. The third-order valence-electron chi connectivity index (χ3n) is 3.39. The van der Waals surface area contributed by atoms with Crippen LogP contribution in [-0.4, -0.2) is 43.0 Å². The van der Waals surface area contributed by atoms with Crippen LogP contribution in [0.15, 0.2) is 0 Å². The summed E-state index contributed by atoms with van der Waals surface area (Å²) in [6.07, 6.45) is 2.44. The van der Waals surface area contributed by atoms with E-state index < -0.39 is 36.5 Å². The van der Waals surface area contributed by atoms with Crippen LogP contribution < -0.4 is 21.7 Å². The van der Waals surface area contributed by atoms with Gasteiger partial charge in [0.15, 0.2) is 0 Å². The van der Waals surface area contributed by atoms with E-state index in [0.29, 0.717) is 19.4 Å². The molecular formula is C12H22F2N4O2. The summed E-state index contributed by atoms with van der Waals surface area (Å²) in [5.41, 5.74) is 3.82. The molecule has 0 aliphatic heterocycles. The van der Waals surface area contributed by atoms with E-state index in [1.54, 1.807) is 6.92 Å². The number of hydrogen-bond donors (Lipinski definition) is 4. The lowest BCUT2D eigenvalue weighted by Gasteiger charge is -2.29. The number of alkyl halides is 2. The molecule has 116 valence electrons. The monoisotopic (exact) mass is 292 g/mol. The fourth-order valence-electron chi connectivity index (χ4n) is 2.26. The Labute approximate surface area is 116 Å². The molecule has 0 atom stereocenters. The van der Waals surface area contributed by atoms with Crippen LogP contribution in [0.3, 0.4) is 0 Å². The lowest BCUT2D eigenvalue weighted by molar-refractivity contribution is -0.128. The number of amides is 3. The van der Waals surface area contributed by atoms with Crippen LogP contribution in [0.2, 0.25) is 0 Å². The Hall–Kier alpha value is -1.44. The average molecular weight is 292 g/mol. The van der Waals surface area contributed by atoms with E-state index in [1.807, 2.05) is 0 Å². The van der Waals surface area contributed by atoms with Crippen LogP contribution in [0.1, 0.15) is 32.6 Å². The van der Waals surface area contributed by atoms with E-state index in [0.717, 1.165) is 12.8 Å². The van der Waals surface area contributed by atoms with E-state index in [2.05, 4.69) is 16.0 Å². The molecule has 0 unspecified atom stereocenters. The number of carbonyl (C=O) groups is 2. The molecule has 3 amide bonds. The minimum Gasteiger partial charge on any atom is -0.348 e. The van der Waals surface area contributed by atoms with Crippen molar-refractivity contribution in [2.75, 3.05) is 19.6 Å². The highest BCUT2D eigenvalue weighted by Gasteiger charge is 2.43. The summed E-state index contributed by atoms with van der Waals surface area (Å²) in [5.74, 6) is -3.71. The standard InChI is InChI=1S/C12H22F2N4O2/c1-2-16-10(20)18-11(5-3-4-6-11)9(19)17-8-12(13,14)7-15/h2-8,15H2,1H3,(H,17,19)(H2,16,18,20). The molecule has 6 nitrogen and oxygen atoms in total. The van der Waals surface area contributed by atoms with Crippen molar-refractivity contribution in [3.05, 3.63) is 0 Å². The fraction of sp³-hybridized carbons (Fsp3) is 0.833. The molecule has 0 aromatic heterocycles. The van der Waals surface area contributed by atoms with Gasteiger partial charge >= 0.3 is 6.03 Å². The summed E-state index contributed by atoms with van der Waals surface area (Å²) >= 11 is 0. The second-order valence-electron chi connectivity index (χ2n) is 5.02. The molecular weight excluding hydrogens is 270 g/mol. The van der Waals surface area contributed by atoms with Gasteiger partial charge in [0.1, 0.15) is 5.54 Å². The Morgan fingerprint density at radius 1 is 1.25 bits per heavy atom. The van der Waals surface area contributed by atoms with Crippen molar-refractivity contribution in [1.29, 1.82) is 0 Å². The number of carbonyl (C=O) groups excluding carboxylic acids is 2. The molecule has 1 aliphatic rings. The summed E-state index contributed by atoms with van der Waals surface area (Å²) in [6.45, 7) is 0.530. The molecule has 0 spiro atoms. The Balaban J connectivity index is 2.65. The zero-order valence-electron chi connectivity index (χ0n) is 11.6. The van der Waals surface area contributed by atoms with Gasteiger partial charge in [-0.2, -0.15) is 0 Å². The minimum atomic E-state index is -3.14. The van der Waals surface area contributed by atoms with Gasteiger partial charge in [-0.15, -0.1) is 0 Å². The Morgan fingerprint density at radius 2 is 1.85 bits per heavy atom. The highest BCUT2D eigenvalue weighted by molar-refractivity contribution is 5.91. The largest absolute Gasteiger partial charge is 0.348 e. The number of nitrogens with one attached hydrogen (secondary N) is 3. The molecule has 0 aromatic carbocycles. The van der Waals surface area contributed by atoms with Gasteiger partial charge in [-0.05, 0) is 19.8 Å². The molecule has 20 heavy (non-hydrogen) atoms. The summed E-state index contributed by atoms with van der Waals surface area (Å²) < 4.78 is 26.1. The number of nitrogens with two attached hydrogens (primary N) is 1. The van der Waals surface area contributed by atoms with Gasteiger partial charge in [0.25, 0.3) is 5.92 Å². The van der Waals surface area contributed by atoms with Gasteiger partial charge in [0.05, 0.1) is 13.1 Å². The van der Waals surface area contributed by atoms with Crippen molar-refractivity contribution in [3.63, 3.8) is 0 Å². The third kappa shape index (κ3) is 4.29. The first-order valence-electron chi connectivity index (χ1n) is 6.77. The highest BCUT2D eigenvalue weighted by atomic mass is 19.3. The maximum atomic E-state index is 13.1. The number of rotatable bonds is 6. The van der Waals surface area contributed by atoms with Crippen LogP contribution in [0.5, 0.6) is 0 Å². The molecule has 5 N–H and O–H groups in total. The molecule has 0 radical (unpaired) electrons. The first-order chi connectivity index (χ1) is 9.35. The van der Waals surface area contributed by atoms with Crippen molar-refractivity contribution < 1.29 is 18.4 Å². The van der Waals surface area contributed by atoms with Crippen LogP contribution in [0.4, 0.5) is 13.6 Å². The molecule has 1 aliphatic carbocycles. The molecule has 0 aromatic rings. The lowest BCUT2D eigenvalue weighted by Crippen LogP contribution is -2.60. The van der Waals surface area contributed by atoms with Crippen molar-refractivity contribution >= 4 is 11.9 Å². The summed E-state index contributed by atoms with van der Waals surface area (Å²) in [4.78, 5) is 23.7. The van der Waals surface area contributed by atoms with Crippen molar-refractivity contribution in [1.82, 2.24) is 16.0 Å². The fourth-order valence-corrected chi connectivity index (χ4v) is 2.26. The molecule has 1 saturated carbocycles. The van der Waals surface area contributed by atoms with E-state index in [9.17, 15) is 18.4 Å². The Bertz CT molecular complexity index is 357. The highest BCUT2D eigenvalue weighted by Crippen LogP contribution is 2.30. The van der Waals surface area contributed by atoms with Gasteiger partial charge in [-0.1, -0.05) is 12.8 Å². The van der Waals surface area contributed by atoms with Gasteiger partial charge < -0.3 is 21.7 Å². The summed E-state index contributed by atoms with van der Waals surface area (Å²) in [6, 6.07) is -0.463. The maximum absolute atomic E-state index is 13.1. The lowest BCUT2D eigenvalue weighted by atomic mass is 9.96. The number of urea groups is 1. The minimum absolute atomic E-state index is 0.425. The maximum Gasteiger partial charge on any atom is 0.315 e. The molecule has 1 fully saturated rings. The molecule has 0 bridgehead atoms. The number of halogens is 2. The predicted molar refractivity (Wildman–Crippen MR) is 70.4 cm³/mol. The normalized spacial score (nSPS) is 17.6. The SMILES string of the molecule is CCNC(=O)NC1(C(=O)NCC(F)(F)CN)CCCC1. The van der Waals surface area contributed by atoms with Gasteiger partial charge in [-0.25, -0.2) is 13.6 Å². The first-order valence-corrected chi connectivity index (χ1v) is 6.77. The van der Waals surface area contributed by atoms with Gasteiger partial charge in [-0.3, -0.25) is 4.79 Å². The van der Waals surface area contributed by atoms with Crippen molar-refractivity contribution in [2.45, 2.75) is 44.1 Å². The van der Waals surface area contributed by atoms with E-state index in [-0.39, 0.29) is 0 Å². The van der Waals surface area contributed by atoms with Gasteiger partial charge in [0.2, 0.25) is 5.91 Å². The topological polar surface area (TPSA) is 96.2 Å². The van der Waals surface area contributed by atoms with Crippen LogP contribution >= 0.6 is 0 Å². The predicted octanol–water partition coefficient (Wildman–Crippen LogP) is 0.329. The van der Waals surface area contributed by atoms with Gasteiger partial charge in [0, 0.05) is 6.54 Å². The zero-order valence-corrected chi connectivity index (χ0v) is 11.6. The Kier molecular flexibility index (Phi) is 5.67. The summed E-state index contributed by atoms with van der Waals surface area (Å²) in [5, 5.41) is 7.34. The van der Waals surface area contributed by atoms with Crippen LogP contribution in [-0.2, 0) is 4.79 Å². The van der Waals surface area contributed by atoms with Crippen molar-refractivity contribution in [3.8, 4) is 0 Å². The third-order valence-corrected chi connectivity index (χ3v) is 3.39. The summed E-state index contributed by atoms with van der Waals surface area (Å²) in [7, 11) is 0. The van der Waals surface area contributed by atoms with Crippen LogP contribution in [0.25, 0.3) is 0 Å². The van der Waals surface area contributed by atoms with E-state index in [1.165, 1.54) is 0 Å². The van der Waals surface area contributed by atoms with E-state index in [4.69, 9.17) is 5.73 Å². The molecule has 1 rings (SSSR count). The van der Waals surface area contributed by atoms with E-state index >= 15 is 0 Å². The Morgan fingerprint density at radius 3 is 2.35 bits per heavy atom. The van der Waals surface area contributed by atoms with Crippen molar-refractivity contribution in [2.24, 2.45) is 5.73 Å². The molecule has 8 heteroatoms. The second kappa shape index (κ2) is 6.83. The quantitative estimate of drug-likeness (QED) is 0.568. The smallest absolute Gasteiger partial charge is 0.315 e.